The van der Waals surface area contributed by atoms with E-state index in [-0.39, 0.29) is 0 Å². The van der Waals surface area contributed by atoms with Gasteiger partial charge >= 0.3 is 0 Å². The van der Waals surface area contributed by atoms with Gasteiger partial charge < -0.3 is 9.80 Å². The molecule has 0 aromatic heterocycles. The second kappa shape index (κ2) is 14.9. The molecule has 318 valence electrons. The van der Waals surface area contributed by atoms with Gasteiger partial charge in [-0.05, 0) is 165 Å². The summed E-state index contributed by atoms with van der Waals surface area (Å²) in [5, 5.41) is 7.52. The lowest BCUT2D eigenvalue weighted by molar-refractivity contribution is 0.809. The second-order valence-corrected chi connectivity index (χ2v) is 18.7. The van der Waals surface area contributed by atoms with Crippen molar-refractivity contribution in [3.05, 3.63) is 263 Å². The molecule has 2 heteroatoms. The van der Waals surface area contributed by atoms with E-state index in [4.69, 9.17) is 0 Å². The topological polar surface area (TPSA) is 6.48 Å². The van der Waals surface area contributed by atoms with Crippen molar-refractivity contribution in [3.8, 4) is 22.3 Å². The van der Waals surface area contributed by atoms with Crippen LogP contribution in [-0.4, -0.2) is 0 Å². The van der Waals surface area contributed by atoms with Gasteiger partial charge in [0.25, 0.3) is 0 Å². The zero-order valence-electron chi connectivity index (χ0n) is 38.2. The standard InChI is InChI=1S/C65H48N2/c1-41-31-35-59(43(3)37-41)66(45-19-7-5-8-20-45)47-33-34-54-55(39-47)48-23-11-13-27-52(48)62-56-40-61(67(46-21-9-6-10-22-46)60-36-32-42(2)38-44(60)4)51-26-12-14-28-53(51)63(56)65(64(54)62)57-29-17-15-24-49(57)50-25-16-18-30-58(50)65/h5-40H,1-4H3. The minimum absolute atomic E-state index is 0.607. The third kappa shape index (κ3) is 5.63. The molecule has 11 aromatic rings. The van der Waals surface area contributed by atoms with Gasteiger partial charge in [0.1, 0.15) is 0 Å². The van der Waals surface area contributed by atoms with E-state index in [1.807, 2.05) is 0 Å². The Labute approximate surface area is 392 Å². The number of anilines is 6. The summed E-state index contributed by atoms with van der Waals surface area (Å²) in [4.78, 5) is 4.94. The number of nitrogens with zero attached hydrogens (tertiary/aromatic N) is 2. The molecule has 2 aliphatic carbocycles. The van der Waals surface area contributed by atoms with Gasteiger partial charge in [-0.2, -0.15) is 0 Å². The zero-order chi connectivity index (χ0) is 45.0. The summed E-state index contributed by atoms with van der Waals surface area (Å²) in [5.74, 6) is 0. The van der Waals surface area contributed by atoms with Gasteiger partial charge in [-0.3, -0.25) is 0 Å². The van der Waals surface area contributed by atoms with Crippen molar-refractivity contribution < 1.29 is 0 Å². The van der Waals surface area contributed by atoms with E-state index in [2.05, 4.69) is 256 Å². The normalized spacial score (nSPS) is 12.9. The predicted molar refractivity (Wildman–Crippen MR) is 284 cm³/mol. The number of hydrogen-bond donors (Lipinski definition) is 0. The molecule has 2 aliphatic rings. The molecule has 0 radical (unpaired) electrons. The molecule has 0 amide bonds. The van der Waals surface area contributed by atoms with Crippen LogP contribution in [0.1, 0.15) is 44.5 Å². The summed E-state index contributed by atoms with van der Waals surface area (Å²) >= 11 is 0. The molecule has 1 spiro atoms. The molecule has 0 N–H and O–H groups in total. The molecule has 67 heavy (non-hydrogen) atoms. The van der Waals surface area contributed by atoms with E-state index in [0.717, 1.165) is 17.1 Å². The van der Waals surface area contributed by atoms with Gasteiger partial charge in [0.05, 0.1) is 11.1 Å². The van der Waals surface area contributed by atoms with Crippen LogP contribution in [0.5, 0.6) is 0 Å². The second-order valence-electron chi connectivity index (χ2n) is 18.7. The van der Waals surface area contributed by atoms with Crippen molar-refractivity contribution in [2.45, 2.75) is 33.1 Å². The minimum atomic E-state index is -0.607. The summed E-state index contributed by atoms with van der Waals surface area (Å²) < 4.78 is 0. The fraction of sp³-hybridized carbons (Fsp3) is 0.0769. The number of rotatable bonds is 6. The molecule has 0 fully saturated rings. The summed E-state index contributed by atoms with van der Waals surface area (Å²) in [6.45, 7) is 8.84. The largest absolute Gasteiger partial charge is 0.310 e. The molecule has 0 saturated carbocycles. The van der Waals surface area contributed by atoms with Crippen molar-refractivity contribution >= 4 is 66.4 Å². The summed E-state index contributed by atoms with van der Waals surface area (Å²) in [5.41, 5.74) is 21.9. The van der Waals surface area contributed by atoms with Crippen LogP contribution >= 0.6 is 0 Å². The average Bonchev–Trinajstić information content (AvgIpc) is 3.84. The first kappa shape index (κ1) is 39.2. The molecular formula is C65H48N2. The van der Waals surface area contributed by atoms with Gasteiger partial charge in [-0.1, -0.05) is 175 Å². The maximum atomic E-state index is 2.55. The van der Waals surface area contributed by atoms with Crippen LogP contribution in [-0.2, 0) is 5.41 Å². The van der Waals surface area contributed by atoms with E-state index in [1.165, 1.54) is 116 Å². The quantitative estimate of drug-likeness (QED) is 0.154. The first-order valence-corrected chi connectivity index (χ1v) is 23.5. The van der Waals surface area contributed by atoms with Crippen LogP contribution in [0.25, 0.3) is 54.6 Å². The highest BCUT2D eigenvalue weighted by molar-refractivity contribution is 6.23. The number of para-hydroxylation sites is 2. The van der Waals surface area contributed by atoms with E-state index >= 15 is 0 Å². The Bertz CT molecular complexity index is 3760. The SMILES string of the molecule is Cc1ccc(N(c2ccccc2)c2ccc3c4c(c5ccccc5c3c2)-c2cc(N(c3ccccc3)c3ccc(C)cc3C)c3ccccc3c2C42c3ccccc3-c3ccccc32)c(C)c1. The van der Waals surface area contributed by atoms with Crippen molar-refractivity contribution in [1.82, 2.24) is 0 Å². The van der Waals surface area contributed by atoms with Crippen LogP contribution in [0.2, 0.25) is 0 Å². The molecule has 0 atom stereocenters. The van der Waals surface area contributed by atoms with E-state index in [9.17, 15) is 0 Å². The maximum absolute atomic E-state index is 2.55. The zero-order valence-corrected chi connectivity index (χ0v) is 38.2. The number of aryl methyl sites for hydroxylation is 4. The molecule has 2 nitrogen and oxygen atoms in total. The van der Waals surface area contributed by atoms with Crippen LogP contribution in [0.3, 0.4) is 0 Å². The van der Waals surface area contributed by atoms with Crippen molar-refractivity contribution in [2.75, 3.05) is 9.80 Å². The van der Waals surface area contributed by atoms with E-state index < -0.39 is 5.41 Å². The highest BCUT2D eigenvalue weighted by Crippen LogP contribution is 2.67. The minimum Gasteiger partial charge on any atom is -0.310 e. The van der Waals surface area contributed by atoms with Crippen molar-refractivity contribution in [1.29, 1.82) is 0 Å². The Morgan fingerprint density at radius 2 is 0.791 bits per heavy atom. The van der Waals surface area contributed by atoms with Gasteiger partial charge in [-0.15, -0.1) is 0 Å². The highest BCUT2D eigenvalue weighted by atomic mass is 15.2. The summed E-state index contributed by atoms with van der Waals surface area (Å²) in [7, 11) is 0. The molecular weight excluding hydrogens is 809 g/mol. The maximum Gasteiger partial charge on any atom is 0.0737 e. The predicted octanol–water partition coefficient (Wildman–Crippen LogP) is 17.7. The Morgan fingerprint density at radius 3 is 1.40 bits per heavy atom. The van der Waals surface area contributed by atoms with Crippen LogP contribution < -0.4 is 9.80 Å². The fourth-order valence-electron chi connectivity index (χ4n) is 12.1. The van der Waals surface area contributed by atoms with Crippen molar-refractivity contribution in [3.63, 3.8) is 0 Å². The van der Waals surface area contributed by atoms with Crippen LogP contribution in [0, 0.1) is 27.7 Å². The smallest absolute Gasteiger partial charge is 0.0737 e. The molecule has 13 rings (SSSR count). The molecule has 0 aliphatic heterocycles. The highest BCUT2D eigenvalue weighted by Gasteiger charge is 2.54. The lowest BCUT2D eigenvalue weighted by atomic mass is 9.68. The molecule has 11 aromatic carbocycles. The molecule has 0 saturated heterocycles. The first-order valence-electron chi connectivity index (χ1n) is 23.5. The molecule has 0 heterocycles. The number of hydrogen-bond acceptors (Lipinski definition) is 2. The lowest BCUT2D eigenvalue weighted by Crippen LogP contribution is -2.27. The molecule has 0 bridgehead atoms. The first-order chi connectivity index (χ1) is 32.9. The Kier molecular flexibility index (Phi) is 8.73. The Balaban J connectivity index is 1.20. The third-order valence-electron chi connectivity index (χ3n) is 14.7. The number of benzene rings is 11. The van der Waals surface area contributed by atoms with Crippen LogP contribution in [0.4, 0.5) is 34.1 Å². The fourth-order valence-corrected chi connectivity index (χ4v) is 12.1. The van der Waals surface area contributed by atoms with Gasteiger partial charge in [0, 0.05) is 33.8 Å². The summed E-state index contributed by atoms with van der Waals surface area (Å²) in [6, 6.07) is 82.1. The monoisotopic (exact) mass is 856 g/mol. The van der Waals surface area contributed by atoms with Crippen LogP contribution in [0.15, 0.2) is 218 Å². The average molecular weight is 857 g/mol. The molecule has 0 unspecified atom stereocenters. The third-order valence-corrected chi connectivity index (χ3v) is 14.7. The Hall–Kier alpha value is -8.20. The lowest BCUT2D eigenvalue weighted by Gasteiger charge is -2.34. The van der Waals surface area contributed by atoms with Gasteiger partial charge in [0.2, 0.25) is 0 Å². The van der Waals surface area contributed by atoms with Gasteiger partial charge in [0.15, 0.2) is 0 Å². The van der Waals surface area contributed by atoms with Crippen molar-refractivity contribution in [2.24, 2.45) is 0 Å². The number of fused-ring (bicyclic) bond motifs is 17. The van der Waals surface area contributed by atoms with Gasteiger partial charge in [-0.25, -0.2) is 0 Å². The Morgan fingerprint density at radius 1 is 0.299 bits per heavy atom. The van der Waals surface area contributed by atoms with E-state index in [0.29, 0.717) is 0 Å². The van der Waals surface area contributed by atoms with E-state index in [1.54, 1.807) is 0 Å². The summed E-state index contributed by atoms with van der Waals surface area (Å²) in [6.07, 6.45) is 0.